The van der Waals surface area contributed by atoms with Gasteiger partial charge >= 0.3 is 12.1 Å². The van der Waals surface area contributed by atoms with E-state index in [4.69, 9.17) is 19.4 Å². The number of carbonyl (C=O) groups is 1. The molecule has 2 heterocycles. The summed E-state index contributed by atoms with van der Waals surface area (Å²) in [5, 5.41) is 7.12. The van der Waals surface area contributed by atoms with Crippen LogP contribution < -0.4 is 4.74 Å². The van der Waals surface area contributed by atoms with Crippen molar-refractivity contribution in [2.75, 3.05) is 18.9 Å². The number of sulfonamides is 1. The first-order chi connectivity index (χ1) is 13.1. The minimum Gasteiger partial charge on any atom is -0.475 e. The summed E-state index contributed by atoms with van der Waals surface area (Å²) in [5.74, 6) is -2.07. The van der Waals surface area contributed by atoms with E-state index in [-0.39, 0.29) is 24.0 Å². The summed E-state index contributed by atoms with van der Waals surface area (Å²) in [6.07, 6.45) is -2.21. The highest BCUT2D eigenvalue weighted by atomic mass is 32.2. The number of aromatic nitrogens is 1. The van der Waals surface area contributed by atoms with Crippen molar-refractivity contribution >= 4 is 16.0 Å². The van der Waals surface area contributed by atoms with Crippen molar-refractivity contribution in [3.05, 3.63) is 24.4 Å². The zero-order valence-electron chi connectivity index (χ0n) is 15.0. The van der Waals surface area contributed by atoms with Gasteiger partial charge in [0.05, 0.1) is 18.4 Å². The number of fused-ring (bicyclic) bond motifs is 1. The van der Waals surface area contributed by atoms with E-state index in [1.54, 1.807) is 23.5 Å². The minimum absolute atomic E-state index is 0.114. The van der Waals surface area contributed by atoms with Crippen molar-refractivity contribution in [1.82, 2.24) is 9.29 Å². The first-order valence-corrected chi connectivity index (χ1v) is 10.2. The van der Waals surface area contributed by atoms with Crippen molar-refractivity contribution in [3.8, 4) is 5.88 Å². The molecule has 1 N–H and O–H groups in total. The number of morpholine rings is 1. The molecular formula is C16H21F3N2O6S. The molecule has 0 unspecified atom stereocenters. The molecule has 0 amide bonds. The second kappa shape index (κ2) is 9.05. The van der Waals surface area contributed by atoms with Gasteiger partial charge in [-0.1, -0.05) is 6.07 Å². The summed E-state index contributed by atoms with van der Waals surface area (Å²) in [6, 6.07) is 5.38. The Kier molecular flexibility index (Phi) is 7.23. The van der Waals surface area contributed by atoms with E-state index in [0.29, 0.717) is 19.0 Å². The Balaban J connectivity index is 0.000000345. The van der Waals surface area contributed by atoms with Crippen molar-refractivity contribution in [2.24, 2.45) is 0 Å². The van der Waals surface area contributed by atoms with Crippen molar-refractivity contribution < 1.29 is 41.0 Å². The highest BCUT2D eigenvalue weighted by Crippen LogP contribution is 2.34. The Morgan fingerprint density at radius 1 is 1.39 bits per heavy atom. The van der Waals surface area contributed by atoms with Crippen LogP contribution in [0.2, 0.25) is 0 Å². The molecule has 0 spiro atoms. The fraction of sp³-hybridized carbons (Fsp3) is 0.625. The third-order valence-corrected chi connectivity index (χ3v) is 6.26. The fourth-order valence-corrected chi connectivity index (χ4v) is 4.41. The van der Waals surface area contributed by atoms with Crippen LogP contribution in [0.15, 0.2) is 24.4 Å². The Morgan fingerprint density at radius 2 is 2.07 bits per heavy atom. The van der Waals surface area contributed by atoms with Gasteiger partial charge in [-0.15, -0.1) is 0 Å². The van der Waals surface area contributed by atoms with Crippen LogP contribution in [-0.2, 0) is 19.6 Å². The van der Waals surface area contributed by atoms with Gasteiger partial charge in [-0.25, -0.2) is 18.2 Å². The third-order valence-electron chi connectivity index (χ3n) is 4.36. The molecule has 1 saturated carbocycles. The summed E-state index contributed by atoms with van der Waals surface area (Å²) >= 11 is 0. The van der Waals surface area contributed by atoms with Gasteiger partial charge in [0, 0.05) is 18.8 Å². The first kappa shape index (κ1) is 22.4. The number of aliphatic carboxylic acids is 1. The normalized spacial score (nSPS) is 25.4. The lowest BCUT2D eigenvalue weighted by Gasteiger charge is -2.37. The van der Waals surface area contributed by atoms with Crippen LogP contribution in [0.25, 0.3) is 0 Å². The fourth-order valence-electron chi connectivity index (χ4n) is 3.09. The molecule has 1 saturated heterocycles. The summed E-state index contributed by atoms with van der Waals surface area (Å²) in [7, 11) is -3.19. The quantitative estimate of drug-likeness (QED) is 0.781. The van der Waals surface area contributed by atoms with Crippen molar-refractivity contribution in [2.45, 2.75) is 44.2 Å². The highest BCUT2D eigenvalue weighted by Gasteiger charge is 2.47. The van der Waals surface area contributed by atoms with Gasteiger partial charge in [-0.2, -0.15) is 17.5 Å². The number of pyridine rings is 1. The van der Waals surface area contributed by atoms with Gasteiger partial charge < -0.3 is 14.6 Å². The van der Waals surface area contributed by atoms with Crippen molar-refractivity contribution in [3.63, 3.8) is 0 Å². The van der Waals surface area contributed by atoms with E-state index in [1.807, 2.05) is 12.1 Å². The third kappa shape index (κ3) is 5.55. The van der Waals surface area contributed by atoms with E-state index in [2.05, 4.69) is 4.98 Å². The maximum atomic E-state index is 12.2. The average molecular weight is 426 g/mol. The number of alkyl halides is 3. The lowest BCUT2D eigenvalue weighted by atomic mass is 10.1. The zero-order valence-corrected chi connectivity index (χ0v) is 15.8. The standard InChI is InChI=1S/C14H20N2O4S.C2HF3O2/c1-2-21(17,18)16-9-10-19-14-11(16)6-7-12(14)20-13-5-3-4-8-15-13;3-2(4,5)1(6)7/h3-5,8,11-12,14H,2,6-7,9-10H2,1H3;(H,6,7)/t11-,12-,14+;/m0./s1. The van der Waals surface area contributed by atoms with Crippen molar-refractivity contribution in [1.29, 1.82) is 0 Å². The molecule has 1 aromatic heterocycles. The molecule has 1 aliphatic carbocycles. The largest absolute Gasteiger partial charge is 0.490 e. The smallest absolute Gasteiger partial charge is 0.475 e. The highest BCUT2D eigenvalue weighted by molar-refractivity contribution is 7.89. The SMILES string of the molecule is CCS(=O)(=O)N1CCO[C@H]2[C@@H](Oc3ccccn3)CC[C@@H]21.O=C(O)C(F)(F)F. The number of carboxylic acid groups (broad SMARTS) is 1. The number of carboxylic acids is 1. The molecule has 1 aliphatic heterocycles. The molecule has 2 aliphatic rings. The molecule has 1 aromatic rings. The van der Waals surface area contributed by atoms with Gasteiger partial charge in [-0.05, 0) is 25.8 Å². The van der Waals surface area contributed by atoms with Gasteiger partial charge in [0.1, 0.15) is 12.2 Å². The van der Waals surface area contributed by atoms with Crippen LogP contribution in [0.1, 0.15) is 19.8 Å². The maximum absolute atomic E-state index is 12.2. The molecule has 0 aromatic carbocycles. The molecular weight excluding hydrogens is 405 g/mol. The molecule has 3 rings (SSSR count). The monoisotopic (exact) mass is 426 g/mol. The number of hydrogen-bond donors (Lipinski definition) is 1. The second-order valence-electron chi connectivity index (χ2n) is 6.12. The Morgan fingerprint density at radius 3 is 2.61 bits per heavy atom. The molecule has 0 radical (unpaired) electrons. The predicted octanol–water partition coefficient (Wildman–Crippen LogP) is 1.68. The average Bonchev–Trinajstić information content (AvgIpc) is 3.05. The lowest BCUT2D eigenvalue weighted by molar-refractivity contribution is -0.192. The first-order valence-electron chi connectivity index (χ1n) is 8.55. The van der Waals surface area contributed by atoms with E-state index in [9.17, 15) is 21.6 Å². The van der Waals surface area contributed by atoms with Gasteiger partial charge in [0.15, 0.2) is 0 Å². The van der Waals surface area contributed by atoms with Gasteiger partial charge in [0.25, 0.3) is 0 Å². The van der Waals surface area contributed by atoms with Gasteiger partial charge in [0.2, 0.25) is 15.9 Å². The van der Waals surface area contributed by atoms with E-state index < -0.39 is 22.2 Å². The Bertz CT molecular complexity index is 759. The molecule has 158 valence electrons. The van der Waals surface area contributed by atoms with Crippen LogP contribution >= 0.6 is 0 Å². The zero-order chi connectivity index (χ0) is 20.9. The number of ether oxygens (including phenoxy) is 2. The molecule has 0 bridgehead atoms. The lowest BCUT2D eigenvalue weighted by Crippen LogP contribution is -2.54. The van der Waals surface area contributed by atoms with Crippen LogP contribution in [0.4, 0.5) is 13.2 Å². The number of hydrogen-bond acceptors (Lipinski definition) is 6. The second-order valence-corrected chi connectivity index (χ2v) is 8.33. The topological polar surface area (TPSA) is 106 Å². The van der Waals surface area contributed by atoms with E-state index >= 15 is 0 Å². The summed E-state index contributed by atoms with van der Waals surface area (Å²) in [5.41, 5.74) is 0. The van der Waals surface area contributed by atoms with Crippen LogP contribution in [0.5, 0.6) is 5.88 Å². The summed E-state index contributed by atoms with van der Waals surface area (Å²) < 4.78 is 69.4. The van der Waals surface area contributed by atoms with Crippen LogP contribution in [0, 0.1) is 0 Å². The predicted molar refractivity (Wildman–Crippen MR) is 91.3 cm³/mol. The summed E-state index contributed by atoms with van der Waals surface area (Å²) in [6.45, 7) is 2.53. The molecule has 12 heteroatoms. The molecule has 8 nitrogen and oxygen atoms in total. The molecule has 28 heavy (non-hydrogen) atoms. The number of halogens is 3. The summed E-state index contributed by atoms with van der Waals surface area (Å²) in [4.78, 5) is 13.1. The van der Waals surface area contributed by atoms with E-state index in [0.717, 1.165) is 12.8 Å². The maximum Gasteiger partial charge on any atom is 0.490 e. The molecule has 2 fully saturated rings. The van der Waals surface area contributed by atoms with Crippen LogP contribution in [-0.4, -0.2) is 72.1 Å². The van der Waals surface area contributed by atoms with Crippen LogP contribution in [0.3, 0.4) is 0 Å². The Labute approximate surface area is 160 Å². The Hall–Kier alpha value is -1.92. The minimum atomic E-state index is -5.08. The van der Waals surface area contributed by atoms with Gasteiger partial charge in [-0.3, -0.25) is 0 Å². The molecule has 3 atom stereocenters. The van der Waals surface area contributed by atoms with E-state index in [1.165, 1.54) is 0 Å². The number of nitrogens with zero attached hydrogens (tertiary/aromatic N) is 2. The number of rotatable bonds is 4.